The van der Waals surface area contributed by atoms with E-state index in [1.54, 1.807) is 17.9 Å². The third kappa shape index (κ3) is 3.03. The summed E-state index contributed by atoms with van der Waals surface area (Å²) in [5.41, 5.74) is 0. The Morgan fingerprint density at radius 2 is 2.35 bits per heavy atom. The largest absolute Gasteiger partial charge is 0.377 e. The van der Waals surface area contributed by atoms with E-state index in [1.165, 1.54) is 10.5 Å². The van der Waals surface area contributed by atoms with E-state index in [0.717, 1.165) is 13.0 Å². The van der Waals surface area contributed by atoms with Gasteiger partial charge in [0.05, 0.1) is 24.9 Å². The Kier molecular flexibility index (Phi) is 4.79. The molecule has 1 saturated heterocycles. The quantitative estimate of drug-likeness (QED) is 0.794. The lowest BCUT2D eigenvalue weighted by Crippen LogP contribution is -2.40. The van der Waals surface area contributed by atoms with Gasteiger partial charge in [-0.15, -0.1) is 0 Å². The average molecular weight is 302 g/mol. The van der Waals surface area contributed by atoms with Crippen LogP contribution >= 0.6 is 0 Å². The van der Waals surface area contributed by atoms with Gasteiger partial charge in [-0.1, -0.05) is 0 Å². The zero-order valence-corrected chi connectivity index (χ0v) is 12.9. The Morgan fingerprint density at radius 1 is 1.60 bits per heavy atom. The van der Waals surface area contributed by atoms with Crippen LogP contribution in [-0.4, -0.2) is 61.9 Å². The number of nitrogens with one attached hydrogen (secondary N) is 1. The Bertz CT molecular complexity index is 543. The van der Waals surface area contributed by atoms with Gasteiger partial charge >= 0.3 is 0 Å². The molecule has 0 aliphatic carbocycles. The minimum absolute atomic E-state index is 0.0749. The van der Waals surface area contributed by atoms with Crippen LogP contribution in [0.2, 0.25) is 0 Å². The molecule has 1 aliphatic heterocycles. The molecule has 0 amide bonds. The third-order valence-electron chi connectivity index (χ3n) is 3.68. The van der Waals surface area contributed by atoms with Gasteiger partial charge < -0.3 is 10.1 Å². The van der Waals surface area contributed by atoms with Crippen LogP contribution in [0.1, 0.15) is 13.3 Å². The van der Waals surface area contributed by atoms with Crippen LogP contribution < -0.4 is 5.32 Å². The SMILES string of the molecule is CNCCn1cc(S(=O)(=O)N(C)C2CCOC2C)cn1. The van der Waals surface area contributed by atoms with Crippen LogP contribution in [0.25, 0.3) is 0 Å². The molecule has 2 atom stereocenters. The van der Waals surface area contributed by atoms with E-state index in [4.69, 9.17) is 4.74 Å². The summed E-state index contributed by atoms with van der Waals surface area (Å²) in [5.74, 6) is 0. The number of ether oxygens (including phenoxy) is 1. The molecular formula is C12H22N4O3S. The van der Waals surface area contributed by atoms with Crippen molar-refractivity contribution >= 4 is 10.0 Å². The molecule has 0 bridgehead atoms. The normalized spacial score (nSPS) is 23.6. The summed E-state index contributed by atoms with van der Waals surface area (Å²) in [6, 6.07) is -0.111. The van der Waals surface area contributed by atoms with Gasteiger partial charge in [0.1, 0.15) is 4.90 Å². The van der Waals surface area contributed by atoms with E-state index < -0.39 is 10.0 Å². The third-order valence-corrected chi connectivity index (χ3v) is 5.52. The summed E-state index contributed by atoms with van der Waals surface area (Å²) < 4.78 is 33.6. The smallest absolute Gasteiger partial charge is 0.246 e. The maximum absolute atomic E-state index is 12.6. The van der Waals surface area contributed by atoms with Crippen molar-refractivity contribution in [2.45, 2.75) is 36.9 Å². The molecule has 1 aromatic heterocycles. The first-order valence-electron chi connectivity index (χ1n) is 6.73. The minimum atomic E-state index is -3.51. The van der Waals surface area contributed by atoms with Crippen molar-refractivity contribution in [3.8, 4) is 0 Å². The molecule has 2 unspecified atom stereocenters. The van der Waals surface area contributed by atoms with Crippen molar-refractivity contribution in [2.75, 3.05) is 27.2 Å². The molecule has 114 valence electrons. The van der Waals surface area contributed by atoms with Gasteiger partial charge in [-0.25, -0.2) is 8.42 Å². The summed E-state index contributed by atoms with van der Waals surface area (Å²) in [6.07, 6.45) is 3.63. The van der Waals surface area contributed by atoms with Gasteiger partial charge in [-0.05, 0) is 20.4 Å². The predicted octanol–water partition coefficient (Wildman–Crippen LogP) is -0.0996. The summed E-state index contributed by atoms with van der Waals surface area (Å²) in [7, 11) is -0.0590. The van der Waals surface area contributed by atoms with Gasteiger partial charge in [-0.3, -0.25) is 4.68 Å². The zero-order chi connectivity index (χ0) is 14.8. The van der Waals surface area contributed by atoms with E-state index in [9.17, 15) is 8.42 Å². The molecular weight excluding hydrogens is 280 g/mol. The number of sulfonamides is 1. The summed E-state index contributed by atoms with van der Waals surface area (Å²) in [6.45, 7) is 3.89. The molecule has 1 fully saturated rings. The molecule has 8 heteroatoms. The number of rotatable bonds is 6. The van der Waals surface area contributed by atoms with Gasteiger partial charge in [0, 0.05) is 26.4 Å². The van der Waals surface area contributed by atoms with E-state index in [2.05, 4.69) is 10.4 Å². The maximum Gasteiger partial charge on any atom is 0.246 e. The molecule has 0 saturated carbocycles. The van der Waals surface area contributed by atoms with Crippen LogP contribution in [0, 0.1) is 0 Å². The Labute approximate surface area is 120 Å². The monoisotopic (exact) mass is 302 g/mol. The van der Waals surface area contributed by atoms with Crippen molar-refractivity contribution in [3.05, 3.63) is 12.4 Å². The maximum atomic E-state index is 12.6. The molecule has 0 aromatic carbocycles. The zero-order valence-electron chi connectivity index (χ0n) is 12.1. The Hall–Kier alpha value is -0.960. The number of hydrogen-bond acceptors (Lipinski definition) is 5. The second-order valence-electron chi connectivity index (χ2n) is 5.00. The van der Waals surface area contributed by atoms with Gasteiger partial charge in [0.25, 0.3) is 0 Å². The molecule has 20 heavy (non-hydrogen) atoms. The van der Waals surface area contributed by atoms with Gasteiger partial charge in [0.15, 0.2) is 0 Å². The van der Waals surface area contributed by atoms with Crippen molar-refractivity contribution in [3.63, 3.8) is 0 Å². The summed E-state index contributed by atoms with van der Waals surface area (Å²) in [5, 5.41) is 7.09. The van der Waals surface area contributed by atoms with Gasteiger partial charge in [0.2, 0.25) is 10.0 Å². The highest BCUT2D eigenvalue weighted by Gasteiger charge is 2.35. The van der Waals surface area contributed by atoms with E-state index >= 15 is 0 Å². The molecule has 0 radical (unpaired) electrons. The van der Waals surface area contributed by atoms with Crippen LogP contribution in [0.4, 0.5) is 0 Å². The molecule has 7 nitrogen and oxygen atoms in total. The molecule has 2 rings (SSSR count). The highest BCUT2D eigenvalue weighted by molar-refractivity contribution is 7.89. The highest BCUT2D eigenvalue weighted by Crippen LogP contribution is 2.24. The van der Waals surface area contributed by atoms with E-state index in [-0.39, 0.29) is 17.0 Å². The van der Waals surface area contributed by atoms with Crippen molar-refractivity contribution in [1.29, 1.82) is 0 Å². The minimum Gasteiger partial charge on any atom is -0.377 e. The Balaban J connectivity index is 2.15. The van der Waals surface area contributed by atoms with Crippen LogP contribution in [0.5, 0.6) is 0 Å². The van der Waals surface area contributed by atoms with Crippen LogP contribution in [-0.2, 0) is 21.3 Å². The molecule has 2 heterocycles. The molecule has 0 spiro atoms. The average Bonchev–Trinajstić information content (AvgIpc) is 3.04. The topological polar surface area (TPSA) is 76.5 Å². The van der Waals surface area contributed by atoms with Crippen molar-refractivity contribution in [1.82, 2.24) is 19.4 Å². The molecule has 1 aliphatic rings. The lowest BCUT2D eigenvalue weighted by atomic mass is 10.2. The first-order valence-corrected chi connectivity index (χ1v) is 8.17. The van der Waals surface area contributed by atoms with Crippen molar-refractivity contribution in [2.24, 2.45) is 0 Å². The van der Waals surface area contributed by atoms with Crippen LogP contribution in [0.15, 0.2) is 17.3 Å². The number of nitrogens with zero attached hydrogens (tertiary/aromatic N) is 3. The standard InChI is InChI=1S/C12H22N4O3S/c1-10-12(4-7-19-10)15(3)20(17,18)11-8-14-16(9-11)6-5-13-2/h8-10,12-13H,4-7H2,1-3H3. The highest BCUT2D eigenvalue weighted by atomic mass is 32.2. The summed E-state index contributed by atoms with van der Waals surface area (Å²) >= 11 is 0. The summed E-state index contributed by atoms with van der Waals surface area (Å²) in [4.78, 5) is 0.232. The fraction of sp³-hybridized carbons (Fsp3) is 0.750. The number of likely N-dealkylation sites (N-methyl/N-ethyl adjacent to an activating group) is 2. The molecule has 1 N–H and O–H groups in total. The predicted molar refractivity (Wildman–Crippen MR) is 74.9 cm³/mol. The number of hydrogen-bond donors (Lipinski definition) is 1. The first kappa shape index (κ1) is 15.4. The lowest BCUT2D eigenvalue weighted by Gasteiger charge is -2.25. The second-order valence-corrected chi connectivity index (χ2v) is 6.99. The van der Waals surface area contributed by atoms with E-state index in [1.807, 2.05) is 14.0 Å². The fourth-order valence-corrected chi connectivity index (χ4v) is 3.77. The van der Waals surface area contributed by atoms with Gasteiger partial charge in [-0.2, -0.15) is 9.40 Å². The number of aromatic nitrogens is 2. The Morgan fingerprint density at radius 3 is 2.95 bits per heavy atom. The lowest BCUT2D eigenvalue weighted by molar-refractivity contribution is 0.102. The van der Waals surface area contributed by atoms with Crippen molar-refractivity contribution < 1.29 is 13.2 Å². The van der Waals surface area contributed by atoms with E-state index in [0.29, 0.717) is 13.2 Å². The fourth-order valence-electron chi connectivity index (χ4n) is 2.37. The second kappa shape index (κ2) is 6.21. The van der Waals surface area contributed by atoms with Crippen LogP contribution in [0.3, 0.4) is 0 Å². The molecule has 1 aromatic rings. The first-order chi connectivity index (χ1) is 9.46.